The first kappa shape index (κ1) is 14.8. The van der Waals surface area contributed by atoms with Crippen LogP contribution in [0.1, 0.15) is 43.7 Å². The van der Waals surface area contributed by atoms with Crippen molar-refractivity contribution < 1.29 is 5.11 Å². The van der Waals surface area contributed by atoms with Crippen LogP contribution in [0.4, 0.5) is 0 Å². The third kappa shape index (κ3) is 2.94. The second-order valence-electron chi connectivity index (χ2n) is 4.84. The fraction of sp³-hybridized carbons (Fsp3) is 0.538. The summed E-state index contributed by atoms with van der Waals surface area (Å²) in [6.07, 6.45) is 6.19. The third-order valence-electron chi connectivity index (χ3n) is 3.67. The van der Waals surface area contributed by atoms with Gasteiger partial charge in [-0.3, -0.25) is 0 Å². The Morgan fingerprint density at radius 2 is 1.72 bits per heavy atom. The monoisotopic (exact) mass is 439 g/mol. The molecule has 0 spiro atoms. The Bertz CT molecular complexity index is 444. The maximum atomic E-state index is 9.99. The molecule has 18 heavy (non-hydrogen) atoms. The van der Waals surface area contributed by atoms with Gasteiger partial charge in [-0.15, -0.1) is 0 Å². The van der Waals surface area contributed by atoms with Gasteiger partial charge in [0.25, 0.3) is 0 Å². The maximum absolute atomic E-state index is 9.99. The van der Waals surface area contributed by atoms with E-state index in [9.17, 15) is 5.11 Å². The molecule has 0 radical (unpaired) electrons. The lowest BCUT2D eigenvalue weighted by Crippen LogP contribution is -2.24. The molecule has 0 amide bonds. The van der Waals surface area contributed by atoms with Crippen LogP contribution in [0.3, 0.4) is 0 Å². The first-order valence-electron chi connectivity index (χ1n) is 6.14. The average molecular weight is 442 g/mol. The maximum Gasteiger partial charge on any atom is 0.144 e. The molecule has 1 aromatic rings. The van der Waals surface area contributed by atoms with E-state index < -0.39 is 0 Å². The van der Waals surface area contributed by atoms with Gasteiger partial charge in [0.2, 0.25) is 0 Å². The van der Waals surface area contributed by atoms with Crippen LogP contribution < -0.4 is 5.73 Å². The topological polar surface area (TPSA) is 46.2 Å². The van der Waals surface area contributed by atoms with Crippen molar-refractivity contribution >= 4 is 47.8 Å². The number of hydrogen-bond acceptors (Lipinski definition) is 2. The lowest BCUT2D eigenvalue weighted by atomic mass is 9.81. The minimum absolute atomic E-state index is 0.0342. The van der Waals surface area contributed by atoms with Gasteiger partial charge in [0, 0.05) is 16.1 Å². The van der Waals surface area contributed by atoms with Crippen LogP contribution >= 0.6 is 47.8 Å². The minimum atomic E-state index is -0.0342. The van der Waals surface area contributed by atoms with Crippen molar-refractivity contribution in [2.24, 2.45) is 11.7 Å². The second-order valence-corrected chi connectivity index (χ2v) is 7.34. The second kappa shape index (κ2) is 6.25. The third-order valence-corrected chi connectivity index (χ3v) is 5.74. The summed E-state index contributed by atoms with van der Waals surface area (Å²) in [5, 5.41) is 9.99. The molecule has 5 heteroatoms. The fourth-order valence-corrected chi connectivity index (χ4v) is 5.28. The number of aromatic hydroxyl groups is 1. The first-order chi connectivity index (χ1) is 8.52. The first-order valence-corrected chi connectivity index (χ1v) is 8.52. The van der Waals surface area contributed by atoms with E-state index in [4.69, 9.17) is 5.73 Å². The lowest BCUT2D eigenvalue weighted by molar-refractivity contribution is 0.306. The van der Waals surface area contributed by atoms with E-state index in [-0.39, 0.29) is 11.8 Å². The van der Waals surface area contributed by atoms with Crippen LogP contribution in [0.5, 0.6) is 5.75 Å². The van der Waals surface area contributed by atoms with Crippen molar-refractivity contribution in [2.45, 2.75) is 38.1 Å². The van der Waals surface area contributed by atoms with Gasteiger partial charge in [-0.05, 0) is 56.7 Å². The zero-order valence-electron chi connectivity index (χ0n) is 9.93. The Morgan fingerprint density at radius 1 is 1.11 bits per heavy atom. The highest BCUT2D eigenvalue weighted by Crippen LogP contribution is 2.45. The minimum Gasteiger partial charge on any atom is -0.506 e. The normalized spacial score (nSPS) is 18.9. The number of benzene rings is 1. The van der Waals surface area contributed by atoms with E-state index in [1.807, 2.05) is 6.07 Å². The summed E-state index contributed by atoms with van der Waals surface area (Å²) >= 11 is 10.3. The summed E-state index contributed by atoms with van der Waals surface area (Å²) in [5.74, 6) is 0.728. The van der Waals surface area contributed by atoms with Gasteiger partial charge in [-0.2, -0.15) is 0 Å². The molecular formula is C13H16Br3NO. The van der Waals surface area contributed by atoms with Crippen LogP contribution in [0, 0.1) is 5.92 Å². The Hall–Kier alpha value is 0.420. The lowest BCUT2D eigenvalue weighted by Gasteiger charge is -2.29. The molecule has 3 N–H and O–H groups in total. The van der Waals surface area contributed by atoms with Crippen molar-refractivity contribution in [1.82, 2.24) is 0 Å². The van der Waals surface area contributed by atoms with Crippen molar-refractivity contribution in [3.63, 3.8) is 0 Å². The molecule has 100 valence electrons. The molecule has 1 aliphatic rings. The highest BCUT2D eigenvalue weighted by atomic mass is 79.9. The summed E-state index contributed by atoms with van der Waals surface area (Å²) in [4.78, 5) is 0. The number of hydrogen-bond donors (Lipinski definition) is 2. The summed E-state index contributed by atoms with van der Waals surface area (Å²) in [7, 11) is 0. The molecule has 0 bridgehead atoms. The molecule has 1 fully saturated rings. The fourth-order valence-electron chi connectivity index (χ4n) is 2.63. The molecule has 1 saturated carbocycles. The highest BCUT2D eigenvalue weighted by molar-refractivity contribution is 9.11. The quantitative estimate of drug-likeness (QED) is 0.657. The average Bonchev–Trinajstić information content (AvgIpc) is 2.37. The Balaban J connectivity index is 2.34. The van der Waals surface area contributed by atoms with Gasteiger partial charge >= 0.3 is 0 Å². The molecule has 2 rings (SSSR count). The molecular weight excluding hydrogens is 426 g/mol. The van der Waals surface area contributed by atoms with Crippen LogP contribution in [-0.2, 0) is 0 Å². The van der Waals surface area contributed by atoms with E-state index in [1.165, 1.54) is 32.1 Å². The van der Waals surface area contributed by atoms with Crippen LogP contribution in [0.15, 0.2) is 19.5 Å². The molecule has 0 aliphatic heterocycles. The Labute approximate surface area is 133 Å². The predicted octanol–water partition coefficient (Wildman–Crippen LogP) is 5.26. The number of phenolic OH excluding ortho intramolecular Hbond substituents is 1. The predicted molar refractivity (Wildman–Crippen MR) is 84.7 cm³/mol. The smallest absolute Gasteiger partial charge is 0.144 e. The van der Waals surface area contributed by atoms with Crippen molar-refractivity contribution in [3.05, 3.63) is 25.0 Å². The van der Waals surface area contributed by atoms with Gasteiger partial charge in [0.15, 0.2) is 0 Å². The number of phenols is 1. The van der Waals surface area contributed by atoms with E-state index in [2.05, 4.69) is 47.8 Å². The SMILES string of the molecule is N[C@H](c1c(Br)cc(Br)c(O)c1Br)C1CCCCC1. The molecule has 2 nitrogen and oxygen atoms in total. The van der Waals surface area contributed by atoms with Gasteiger partial charge in [0.1, 0.15) is 5.75 Å². The van der Waals surface area contributed by atoms with E-state index >= 15 is 0 Å². The van der Waals surface area contributed by atoms with E-state index in [1.54, 1.807) is 0 Å². The molecule has 0 heterocycles. The Morgan fingerprint density at radius 3 is 2.33 bits per heavy atom. The van der Waals surface area contributed by atoms with E-state index in [0.29, 0.717) is 14.9 Å². The molecule has 0 aromatic heterocycles. The van der Waals surface area contributed by atoms with Crippen molar-refractivity contribution in [2.75, 3.05) is 0 Å². The van der Waals surface area contributed by atoms with Crippen molar-refractivity contribution in [3.8, 4) is 5.75 Å². The van der Waals surface area contributed by atoms with Gasteiger partial charge < -0.3 is 10.8 Å². The molecule has 1 aromatic carbocycles. The largest absolute Gasteiger partial charge is 0.506 e. The number of nitrogens with two attached hydrogens (primary N) is 1. The number of rotatable bonds is 2. The zero-order valence-corrected chi connectivity index (χ0v) is 14.7. The zero-order chi connectivity index (χ0) is 13.3. The van der Waals surface area contributed by atoms with Gasteiger partial charge in [-0.25, -0.2) is 0 Å². The van der Waals surface area contributed by atoms with Crippen LogP contribution in [0.2, 0.25) is 0 Å². The number of halogens is 3. The summed E-state index contributed by atoms with van der Waals surface area (Å²) in [6, 6.07) is 1.83. The van der Waals surface area contributed by atoms with Crippen molar-refractivity contribution in [1.29, 1.82) is 0 Å². The molecule has 0 saturated heterocycles. The Kier molecular flexibility index (Phi) is 5.14. The van der Waals surface area contributed by atoms with Crippen LogP contribution in [0.25, 0.3) is 0 Å². The molecule has 1 atom stereocenters. The summed E-state index contributed by atoms with van der Waals surface area (Å²) in [5.41, 5.74) is 7.38. The molecule has 1 aliphatic carbocycles. The van der Waals surface area contributed by atoms with Crippen LogP contribution in [-0.4, -0.2) is 5.11 Å². The standard InChI is InChI=1S/C13H16Br3NO/c14-8-6-9(15)13(18)11(16)10(8)12(17)7-4-2-1-3-5-7/h6-7,12,18H,1-5,17H2/t12-/m0/s1. The molecule has 0 unspecified atom stereocenters. The van der Waals surface area contributed by atoms with E-state index in [0.717, 1.165) is 10.0 Å². The van der Waals surface area contributed by atoms with Gasteiger partial charge in [-0.1, -0.05) is 35.2 Å². The summed E-state index contributed by atoms with van der Waals surface area (Å²) < 4.78 is 2.31. The summed E-state index contributed by atoms with van der Waals surface area (Å²) in [6.45, 7) is 0. The van der Waals surface area contributed by atoms with Gasteiger partial charge in [0.05, 0.1) is 8.95 Å². The highest BCUT2D eigenvalue weighted by Gasteiger charge is 2.26.